The normalized spacial score (nSPS) is 27.5. The van der Waals surface area contributed by atoms with E-state index in [0.717, 1.165) is 32.5 Å². The SMILES string of the molecule is CCN1CCCC(NC(=O)C2(C(=O)O)CC2)C1. The molecule has 0 aromatic carbocycles. The summed E-state index contributed by atoms with van der Waals surface area (Å²) in [5, 5.41) is 11.9. The zero-order valence-electron chi connectivity index (χ0n) is 10.2. The van der Waals surface area contributed by atoms with Crippen molar-refractivity contribution in [1.29, 1.82) is 0 Å². The summed E-state index contributed by atoms with van der Waals surface area (Å²) < 4.78 is 0. The van der Waals surface area contributed by atoms with Crippen LogP contribution in [-0.2, 0) is 9.59 Å². The topological polar surface area (TPSA) is 69.6 Å². The summed E-state index contributed by atoms with van der Waals surface area (Å²) in [5.41, 5.74) is -1.10. The molecule has 0 bridgehead atoms. The maximum absolute atomic E-state index is 11.9. The van der Waals surface area contributed by atoms with Gasteiger partial charge < -0.3 is 15.3 Å². The van der Waals surface area contributed by atoms with Crippen LogP contribution in [0.3, 0.4) is 0 Å². The molecule has 96 valence electrons. The molecule has 1 heterocycles. The molecule has 0 radical (unpaired) electrons. The first-order chi connectivity index (χ1) is 8.08. The predicted molar refractivity (Wildman–Crippen MR) is 62.6 cm³/mol. The quantitative estimate of drug-likeness (QED) is 0.700. The highest BCUT2D eigenvalue weighted by Crippen LogP contribution is 2.46. The third-order valence-corrected chi connectivity index (χ3v) is 3.88. The first kappa shape index (κ1) is 12.4. The lowest BCUT2D eigenvalue weighted by atomic mass is 10.0. The number of likely N-dealkylation sites (N-methyl/N-ethyl adjacent to an activating group) is 1. The fourth-order valence-electron chi connectivity index (χ4n) is 2.45. The standard InChI is InChI=1S/C12H20N2O3/c1-2-14-7-3-4-9(8-14)13-10(15)12(5-6-12)11(16)17/h9H,2-8H2,1H3,(H,13,15)(H,16,17). The third-order valence-electron chi connectivity index (χ3n) is 3.88. The van der Waals surface area contributed by atoms with Crippen molar-refractivity contribution >= 4 is 11.9 Å². The highest BCUT2D eigenvalue weighted by Gasteiger charge is 2.57. The second-order valence-corrected chi connectivity index (χ2v) is 5.09. The molecule has 2 aliphatic rings. The molecule has 2 fully saturated rings. The Morgan fingerprint density at radius 1 is 1.47 bits per heavy atom. The van der Waals surface area contributed by atoms with Crippen LogP contribution in [0.1, 0.15) is 32.6 Å². The highest BCUT2D eigenvalue weighted by molar-refractivity contribution is 6.04. The third kappa shape index (κ3) is 2.44. The van der Waals surface area contributed by atoms with Crippen molar-refractivity contribution in [3.63, 3.8) is 0 Å². The van der Waals surface area contributed by atoms with Crippen LogP contribution in [0, 0.1) is 5.41 Å². The van der Waals surface area contributed by atoms with E-state index in [9.17, 15) is 9.59 Å². The van der Waals surface area contributed by atoms with Gasteiger partial charge >= 0.3 is 5.97 Å². The smallest absolute Gasteiger partial charge is 0.319 e. The number of nitrogens with one attached hydrogen (secondary N) is 1. The average Bonchev–Trinajstić information content (AvgIpc) is 3.10. The zero-order valence-corrected chi connectivity index (χ0v) is 10.2. The number of carbonyl (C=O) groups excluding carboxylic acids is 1. The molecule has 2 N–H and O–H groups in total. The summed E-state index contributed by atoms with van der Waals surface area (Å²) in [7, 11) is 0. The number of hydrogen-bond donors (Lipinski definition) is 2. The summed E-state index contributed by atoms with van der Waals surface area (Å²) in [5.74, 6) is -1.26. The molecule has 1 saturated carbocycles. The van der Waals surface area contributed by atoms with Crippen molar-refractivity contribution in [2.24, 2.45) is 5.41 Å². The minimum atomic E-state index is -1.10. The number of piperidine rings is 1. The maximum atomic E-state index is 11.9. The molecule has 0 aromatic heterocycles. The summed E-state index contributed by atoms with van der Waals surface area (Å²) in [6.45, 7) is 5.01. The van der Waals surface area contributed by atoms with Gasteiger partial charge in [-0.2, -0.15) is 0 Å². The number of nitrogens with zero attached hydrogens (tertiary/aromatic N) is 1. The van der Waals surface area contributed by atoms with E-state index in [1.165, 1.54) is 0 Å². The van der Waals surface area contributed by atoms with Gasteiger partial charge in [0.15, 0.2) is 0 Å². The molecule has 1 amide bonds. The summed E-state index contributed by atoms with van der Waals surface area (Å²) in [6, 6.07) is 0.119. The van der Waals surface area contributed by atoms with Gasteiger partial charge in [-0.25, -0.2) is 0 Å². The van der Waals surface area contributed by atoms with Crippen LogP contribution in [-0.4, -0.2) is 47.6 Å². The molecule has 2 rings (SSSR count). The van der Waals surface area contributed by atoms with Gasteiger partial charge in [0.25, 0.3) is 0 Å². The van der Waals surface area contributed by atoms with E-state index in [4.69, 9.17) is 5.11 Å². The maximum Gasteiger partial charge on any atom is 0.319 e. The number of carbonyl (C=O) groups is 2. The highest BCUT2D eigenvalue weighted by atomic mass is 16.4. The molecule has 5 heteroatoms. The van der Waals surface area contributed by atoms with Crippen molar-refractivity contribution in [2.45, 2.75) is 38.6 Å². The molecule has 1 aliphatic heterocycles. The van der Waals surface area contributed by atoms with Crippen LogP contribution in [0.2, 0.25) is 0 Å². The fraction of sp³-hybridized carbons (Fsp3) is 0.833. The molecule has 0 aromatic rings. The Bertz CT molecular complexity index is 326. The van der Waals surface area contributed by atoms with Crippen LogP contribution in [0.5, 0.6) is 0 Å². The van der Waals surface area contributed by atoms with Gasteiger partial charge in [-0.1, -0.05) is 6.92 Å². The Morgan fingerprint density at radius 3 is 2.71 bits per heavy atom. The first-order valence-electron chi connectivity index (χ1n) is 6.35. The molecule has 5 nitrogen and oxygen atoms in total. The number of carboxylic acid groups (broad SMARTS) is 1. The lowest BCUT2D eigenvalue weighted by molar-refractivity contribution is -0.149. The van der Waals surface area contributed by atoms with Crippen molar-refractivity contribution in [3.8, 4) is 0 Å². The van der Waals surface area contributed by atoms with Crippen LogP contribution < -0.4 is 5.32 Å². The Labute approximate surface area is 101 Å². The lowest BCUT2D eigenvalue weighted by Gasteiger charge is -2.32. The molecular weight excluding hydrogens is 220 g/mol. The van der Waals surface area contributed by atoms with Gasteiger partial charge in [0.2, 0.25) is 5.91 Å². The minimum absolute atomic E-state index is 0.119. The molecule has 0 spiro atoms. The van der Waals surface area contributed by atoms with E-state index in [1.54, 1.807) is 0 Å². The van der Waals surface area contributed by atoms with E-state index in [0.29, 0.717) is 12.8 Å². The first-order valence-corrected chi connectivity index (χ1v) is 6.35. The Kier molecular flexibility index (Phi) is 3.38. The van der Waals surface area contributed by atoms with E-state index >= 15 is 0 Å². The van der Waals surface area contributed by atoms with Crippen molar-refractivity contribution < 1.29 is 14.7 Å². The number of carboxylic acids is 1. The van der Waals surface area contributed by atoms with Crippen LogP contribution in [0.25, 0.3) is 0 Å². The van der Waals surface area contributed by atoms with Crippen molar-refractivity contribution in [1.82, 2.24) is 10.2 Å². The molecule has 1 atom stereocenters. The van der Waals surface area contributed by atoms with Gasteiger partial charge in [-0.05, 0) is 38.8 Å². The van der Waals surface area contributed by atoms with Crippen molar-refractivity contribution in [3.05, 3.63) is 0 Å². The minimum Gasteiger partial charge on any atom is -0.480 e. The Morgan fingerprint density at radius 2 is 2.18 bits per heavy atom. The number of rotatable bonds is 4. The largest absolute Gasteiger partial charge is 0.480 e. The van der Waals surface area contributed by atoms with E-state index < -0.39 is 11.4 Å². The van der Waals surface area contributed by atoms with Gasteiger partial charge in [0, 0.05) is 12.6 Å². The second kappa shape index (κ2) is 4.64. The van der Waals surface area contributed by atoms with Crippen LogP contribution >= 0.6 is 0 Å². The summed E-state index contributed by atoms with van der Waals surface area (Å²) >= 11 is 0. The van der Waals surface area contributed by atoms with Crippen LogP contribution in [0.15, 0.2) is 0 Å². The summed E-state index contributed by atoms with van der Waals surface area (Å²) in [6.07, 6.45) is 2.99. The monoisotopic (exact) mass is 240 g/mol. The van der Waals surface area contributed by atoms with Crippen LogP contribution in [0.4, 0.5) is 0 Å². The van der Waals surface area contributed by atoms with Crippen molar-refractivity contribution in [2.75, 3.05) is 19.6 Å². The molecule has 1 unspecified atom stereocenters. The number of likely N-dealkylation sites (tertiary alicyclic amines) is 1. The van der Waals surface area contributed by atoms with Gasteiger partial charge in [0.1, 0.15) is 5.41 Å². The van der Waals surface area contributed by atoms with Gasteiger partial charge in [-0.15, -0.1) is 0 Å². The average molecular weight is 240 g/mol. The molecule has 1 aliphatic carbocycles. The zero-order chi connectivity index (χ0) is 12.5. The predicted octanol–water partition coefficient (Wildman–Crippen LogP) is 0.452. The molecule has 17 heavy (non-hydrogen) atoms. The van der Waals surface area contributed by atoms with E-state index in [-0.39, 0.29) is 11.9 Å². The Hall–Kier alpha value is -1.10. The number of amides is 1. The number of aliphatic carboxylic acids is 1. The second-order valence-electron chi connectivity index (χ2n) is 5.09. The molecular formula is C12H20N2O3. The lowest BCUT2D eigenvalue weighted by Crippen LogP contribution is -2.50. The van der Waals surface area contributed by atoms with E-state index in [1.807, 2.05) is 0 Å². The Balaban J connectivity index is 1.89. The summed E-state index contributed by atoms with van der Waals surface area (Å²) in [4.78, 5) is 25.2. The fourth-order valence-corrected chi connectivity index (χ4v) is 2.45. The van der Waals surface area contributed by atoms with Gasteiger partial charge in [-0.3, -0.25) is 9.59 Å². The number of hydrogen-bond acceptors (Lipinski definition) is 3. The van der Waals surface area contributed by atoms with Gasteiger partial charge in [0.05, 0.1) is 0 Å². The molecule has 1 saturated heterocycles. The van der Waals surface area contributed by atoms with E-state index in [2.05, 4.69) is 17.1 Å².